The zero-order valence-electron chi connectivity index (χ0n) is 10.5. The van der Waals surface area contributed by atoms with Gasteiger partial charge in [-0.2, -0.15) is 0 Å². The van der Waals surface area contributed by atoms with Gasteiger partial charge in [-0.1, -0.05) is 23.7 Å². The highest BCUT2D eigenvalue weighted by Crippen LogP contribution is 2.29. The normalized spacial score (nSPS) is 11.1. The van der Waals surface area contributed by atoms with Crippen molar-refractivity contribution in [2.45, 2.75) is 4.90 Å². The van der Waals surface area contributed by atoms with Crippen molar-refractivity contribution in [1.82, 2.24) is 0 Å². The van der Waals surface area contributed by atoms with Crippen LogP contribution in [0.1, 0.15) is 0 Å². The van der Waals surface area contributed by atoms with Crippen molar-refractivity contribution in [1.29, 1.82) is 0 Å². The molecule has 0 aromatic heterocycles. The molecule has 0 bridgehead atoms. The number of nitrogens with zero attached hydrogens (tertiary/aromatic N) is 1. The maximum Gasteiger partial charge on any atom is 0.270 e. The lowest BCUT2D eigenvalue weighted by Gasteiger charge is -2.11. The van der Waals surface area contributed by atoms with Gasteiger partial charge in [0.25, 0.3) is 15.7 Å². The molecule has 0 aliphatic rings. The Kier molecular flexibility index (Phi) is 4.01. The molecule has 3 N–H and O–H groups in total. The Morgan fingerprint density at radius 2 is 1.86 bits per heavy atom. The van der Waals surface area contributed by atoms with Crippen molar-refractivity contribution in [2.24, 2.45) is 0 Å². The number of benzene rings is 2. The van der Waals surface area contributed by atoms with Gasteiger partial charge in [0.05, 0.1) is 21.3 Å². The Labute approximate surface area is 125 Å². The van der Waals surface area contributed by atoms with Gasteiger partial charge < -0.3 is 5.73 Å². The maximum atomic E-state index is 12.3. The number of nitrogens with one attached hydrogen (secondary N) is 1. The number of nitro benzene ring substituents is 1. The summed E-state index contributed by atoms with van der Waals surface area (Å²) in [6.07, 6.45) is 0. The predicted molar refractivity (Wildman–Crippen MR) is 79.8 cm³/mol. The van der Waals surface area contributed by atoms with Crippen LogP contribution in [0, 0.1) is 10.1 Å². The number of halogens is 1. The lowest BCUT2D eigenvalue weighted by atomic mass is 10.3. The monoisotopic (exact) mass is 327 g/mol. The van der Waals surface area contributed by atoms with Gasteiger partial charge in [0.2, 0.25) is 0 Å². The number of hydrogen-bond donors (Lipinski definition) is 2. The lowest BCUT2D eigenvalue weighted by Crippen LogP contribution is -2.14. The summed E-state index contributed by atoms with van der Waals surface area (Å²) in [6.45, 7) is 0. The summed E-state index contributed by atoms with van der Waals surface area (Å²) in [7, 11) is -4.09. The second-order valence-electron chi connectivity index (χ2n) is 4.06. The molecule has 2 aromatic carbocycles. The molecule has 0 aliphatic carbocycles. The van der Waals surface area contributed by atoms with Crippen LogP contribution in [0.25, 0.3) is 0 Å². The van der Waals surface area contributed by atoms with E-state index in [1.807, 2.05) is 0 Å². The van der Waals surface area contributed by atoms with Crippen LogP contribution < -0.4 is 10.5 Å². The molecule has 2 rings (SSSR count). The van der Waals surface area contributed by atoms with Gasteiger partial charge in [0.15, 0.2) is 0 Å². The summed E-state index contributed by atoms with van der Waals surface area (Å²) in [5.41, 5.74) is 5.67. The molecule has 0 saturated heterocycles. The number of hydrogen-bond acceptors (Lipinski definition) is 5. The highest BCUT2D eigenvalue weighted by molar-refractivity contribution is 7.92. The van der Waals surface area contributed by atoms with Crippen molar-refractivity contribution >= 4 is 38.7 Å². The second kappa shape index (κ2) is 5.58. The zero-order chi connectivity index (χ0) is 15.6. The number of sulfonamides is 1. The molecular formula is C12H10ClN3O4S. The molecule has 0 atom stereocenters. The molecule has 0 saturated carbocycles. The fraction of sp³-hybridized carbons (Fsp3) is 0. The van der Waals surface area contributed by atoms with E-state index in [4.69, 9.17) is 17.3 Å². The summed E-state index contributed by atoms with van der Waals surface area (Å²) in [5, 5.41) is 10.6. The van der Waals surface area contributed by atoms with Gasteiger partial charge >= 0.3 is 0 Å². The molecule has 9 heteroatoms. The standard InChI is InChI=1S/C12H10ClN3O4S/c13-9-6-5-8(16(17)18)7-12(9)21(19,20)15-11-4-2-1-3-10(11)14/h1-7,15H,14H2. The summed E-state index contributed by atoms with van der Waals surface area (Å²) >= 11 is 5.82. The quantitative estimate of drug-likeness (QED) is 0.508. The van der Waals surface area contributed by atoms with E-state index in [2.05, 4.69) is 4.72 Å². The minimum Gasteiger partial charge on any atom is -0.397 e. The van der Waals surface area contributed by atoms with Crippen LogP contribution in [0.4, 0.5) is 17.1 Å². The molecule has 0 amide bonds. The van der Waals surface area contributed by atoms with Gasteiger partial charge in [0.1, 0.15) is 4.90 Å². The van der Waals surface area contributed by atoms with Crippen LogP contribution in [-0.2, 0) is 10.0 Å². The summed E-state index contributed by atoms with van der Waals surface area (Å²) in [5.74, 6) is 0. The smallest absolute Gasteiger partial charge is 0.270 e. The summed E-state index contributed by atoms with van der Waals surface area (Å²) in [4.78, 5) is 9.64. The molecule has 0 fully saturated rings. The number of para-hydroxylation sites is 2. The lowest BCUT2D eigenvalue weighted by molar-refractivity contribution is -0.385. The first-order chi connectivity index (χ1) is 9.81. The zero-order valence-corrected chi connectivity index (χ0v) is 12.1. The maximum absolute atomic E-state index is 12.3. The van der Waals surface area contributed by atoms with Gasteiger partial charge in [-0.15, -0.1) is 0 Å². The molecule has 0 heterocycles. The first-order valence-electron chi connectivity index (χ1n) is 5.62. The number of nitro groups is 1. The average Bonchev–Trinajstić information content (AvgIpc) is 2.41. The Bertz CT molecular complexity index is 808. The third-order valence-corrected chi connectivity index (χ3v) is 4.47. The van der Waals surface area contributed by atoms with Gasteiger partial charge in [-0.25, -0.2) is 8.42 Å². The van der Waals surface area contributed by atoms with Crippen LogP contribution in [-0.4, -0.2) is 13.3 Å². The molecule has 110 valence electrons. The van der Waals surface area contributed by atoms with Crippen molar-refractivity contribution < 1.29 is 13.3 Å². The van der Waals surface area contributed by atoms with Gasteiger partial charge in [-0.3, -0.25) is 14.8 Å². The van der Waals surface area contributed by atoms with Crippen LogP contribution in [0.15, 0.2) is 47.4 Å². The van der Waals surface area contributed by atoms with Crippen molar-refractivity contribution in [3.63, 3.8) is 0 Å². The second-order valence-corrected chi connectivity index (χ2v) is 6.12. The van der Waals surface area contributed by atoms with E-state index in [1.54, 1.807) is 12.1 Å². The number of nitrogens with two attached hydrogens (primary N) is 1. The van der Waals surface area contributed by atoms with Crippen molar-refractivity contribution in [3.8, 4) is 0 Å². The van der Waals surface area contributed by atoms with Gasteiger partial charge in [0, 0.05) is 12.1 Å². The van der Waals surface area contributed by atoms with Crippen LogP contribution in [0.3, 0.4) is 0 Å². The van der Waals surface area contributed by atoms with E-state index in [0.717, 1.165) is 18.2 Å². The summed E-state index contributed by atoms with van der Waals surface area (Å²) < 4.78 is 26.8. The first-order valence-corrected chi connectivity index (χ1v) is 7.48. The predicted octanol–water partition coefficient (Wildman–Crippen LogP) is 2.63. The molecule has 2 aromatic rings. The molecule has 0 radical (unpaired) electrons. The van der Waals surface area contributed by atoms with Crippen molar-refractivity contribution in [3.05, 3.63) is 57.6 Å². The first kappa shape index (κ1) is 15.1. The van der Waals surface area contributed by atoms with E-state index >= 15 is 0 Å². The topological polar surface area (TPSA) is 115 Å². The molecule has 7 nitrogen and oxygen atoms in total. The van der Waals surface area contributed by atoms with Gasteiger partial charge in [-0.05, 0) is 18.2 Å². The van der Waals surface area contributed by atoms with Crippen LogP contribution in [0.2, 0.25) is 5.02 Å². The molecule has 21 heavy (non-hydrogen) atoms. The van der Waals surface area contributed by atoms with E-state index in [1.165, 1.54) is 12.1 Å². The average molecular weight is 328 g/mol. The Morgan fingerprint density at radius 1 is 1.19 bits per heavy atom. The van der Waals surface area contributed by atoms with E-state index in [9.17, 15) is 18.5 Å². The molecule has 0 spiro atoms. The summed E-state index contributed by atoms with van der Waals surface area (Å²) in [6, 6.07) is 9.41. The minimum absolute atomic E-state index is 0.123. The molecule has 0 unspecified atom stereocenters. The number of nitrogen functional groups attached to an aromatic ring is 1. The molecule has 0 aliphatic heterocycles. The third kappa shape index (κ3) is 3.23. The van der Waals surface area contributed by atoms with E-state index in [-0.39, 0.29) is 27.0 Å². The third-order valence-electron chi connectivity index (χ3n) is 2.62. The molecular weight excluding hydrogens is 318 g/mol. The van der Waals surface area contributed by atoms with Crippen LogP contribution in [0.5, 0.6) is 0 Å². The Hall–Kier alpha value is -2.32. The highest BCUT2D eigenvalue weighted by atomic mass is 35.5. The Morgan fingerprint density at radius 3 is 2.48 bits per heavy atom. The Balaban J connectivity index is 2.47. The fourth-order valence-corrected chi connectivity index (χ4v) is 3.21. The van der Waals surface area contributed by atoms with Crippen molar-refractivity contribution in [2.75, 3.05) is 10.5 Å². The minimum atomic E-state index is -4.09. The highest BCUT2D eigenvalue weighted by Gasteiger charge is 2.22. The van der Waals surface area contributed by atoms with E-state index < -0.39 is 14.9 Å². The van der Waals surface area contributed by atoms with E-state index in [0.29, 0.717) is 0 Å². The number of non-ortho nitro benzene ring substituents is 1. The van der Waals surface area contributed by atoms with Crippen LogP contribution >= 0.6 is 11.6 Å². The number of anilines is 2. The number of rotatable bonds is 4. The SMILES string of the molecule is Nc1ccccc1NS(=O)(=O)c1cc([N+](=O)[O-])ccc1Cl. The fourth-order valence-electron chi connectivity index (χ4n) is 1.60. The largest absolute Gasteiger partial charge is 0.397 e.